The summed E-state index contributed by atoms with van der Waals surface area (Å²) in [5.41, 5.74) is 2.29. The van der Waals surface area contributed by atoms with E-state index in [2.05, 4.69) is 78.2 Å². The molecule has 2 rings (SSSR count). The molecule has 0 aliphatic heterocycles. The predicted molar refractivity (Wildman–Crippen MR) is 107 cm³/mol. The van der Waals surface area contributed by atoms with Crippen LogP contribution in [0.5, 0.6) is 0 Å². The number of hydrogen-bond acceptors (Lipinski definition) is 3. The first kappa shape index (κ1) is 19.5. The molecular formula is C20H29N3OS. The van der Waals surface area contributed by atoms with E-state index in [9.17, 15) is 0 Å². The Kier molecular flexibility index (Phi) is 7.47. The molecule has 0 saturated heterocycles. The van der Waals surface area contributed by atoms with Gasteiger partial charge in [0.25, 0.3) is 0 Å². The third kappa shape index (κ3) is 7.71. The van der Waals surface area contributed by atoms with Crippen LogP contribution >= 0.6 is 11.3 Å². The molecule has 0 radical (unpaired) electrons. The van der Waals surface area contributed by atoms with E-state index in [1.54, 1.807) is 18.4 Å². The number of ether oxygens (including phenoxy) is 1. The molecule has 0 aliphatic carbocycles. The van der Waals surface area contributed by atoms with Gasteiger partial charge in [0.15, 0.2) is 5.96 Å². The Balaban J connectivity index is 1.78. The largest absolute Gasteiger partial charge is 0.371 e. The summed E-state index contributed by atoms with van der Waals surface area (Å²) in [6.07, 6.45) is 1.01. The van der Waals surface area contributed by atoms with Crippen LogP contribution in [-0.2, 0) is 24.3 Å². The number of thiophene rings is 1. The average Bonchev–Trinajstić information content (AvgIpc) is 3.09. The fraction of sp³-hybridized carbons (Fsp3) is 0.450. The van der Waals surface area contributed by atoms with Gasteiger partial charge in [0.1, 0.15) is 0 Å². The summed E-state index contributed by atoms with van der Waals surface area (Å²) in [4.78, 5) is 5.67. The minimum absolute atomic E-state index is 0.122. The lowest BCUT2D eigenvalue weighted by Crippen LogP contribution is -2.37. The number of rotatable bonds is 7. The van der Waals surface area contributed by atoms with Crippen LogP contribution in [0.2, 0.25) is 0 Å². The van der Waals surface area contributed by atoms with Crippen molar-refractivity contribution in [3.63, 3.8) is 0 Å². The van der Waals surface area contributed by atoms with Gasteiger partial charge in [-0.15, -0.1) is 11.3 Å². The van der Waals surface area contributed by atoms with Crippen LogP contribution in [0.3, 0.4) is 0 Å². The average molecular weight is 360 g/mol. The van der Waals surface area contributed by atoms with E-state index >= 15 is 0 Å². The van der Waals surface area contributed by atoms with Gasteiger partial charge in [0.05, 0.1) is 12.2 Å². The molecule has 5 heteroatoms. The minimum atomic E-state index is -0.122. The Morgan fingerprint density at radius 3 is 2.60 bits per heavy atom. The van der Waals surface area contributed by atoms with Crippen LogP contribution < -0.4 is 10.6 Å². The van der Waals surface area contributed by atoms with E-state index < -0.39 is 0 Å². The zero-order valence-corrected chi connectivity index (χ0v) is 16.5. The molecule has 0 fully saturated rings. The number of nitrogens with one attached hydrogen (secondary N) is 2. The van der Waals surface area contributed by atoms with Crippen LogP contribution in [-0.4, -0.2) is 25.2 Å². The van der Waals surface area contributed by atoms with Crippen LogP contribution in [0.4, 0.5) is 0 Å². The highest BCUT2D eigenvalue weighted by Crippen LogP contribution is 2.13. The number of benzene rings is 1. The van der Waals surface area contributed by atoms with Gasteiger partial charge in [-0.05, 0) is 49.8 Å². The second kappa shape index (κ2) is 9.59. The summed E-state index contributed by atoms with van der Waals surface area (Å²) >= 11 is 1.79. The first-order chi connectivity index (χ1) is 12.0. The minimum Gasteiger partial charge on any atom is -0.371 e. The molecule has 136 valence electrons. The van der Waals surface area contributed by atoms with Gasteiger partial charge in [-0.3, -0.25) is 4.99 Å². The maximum atomic E-state index is 5.85. The fourth-order valence-electron chi connectivity index (χ4n) is 2.29. The van der Waals surface area contributed by atoms with Crippen LogP contribution in [0.25, 0.3) is 0 Å². The quantitative estimate of drug-likeness (QED) is 0.581. The molecule has 2 N–H and O–H groups in total. The highest BCUT2D eigenvalue weighted by atomic mass is 32.1. The summed E-state index contributed by atoms with van der Waals surface area (Å²) in [6, 6.07) is 12.7. The Hall–Kier alpha value is -1.85. The van der Waals surface area contributed by atoms with E-state index in [4.69, 9.17) is 4.74 Å². The lowest BCUT2D eigenvalue weighted by Gasteiger charge is -2.19. The molecule has 1 aromatic heterocycles. The van der Waals surface area contributed by atoms with Gasteiger partial charge in [-0.25, -0.2) is 0 Å². The van der Waals surface area contributed by atoms with Crippen molar-refractivity contribution in [1.82, 2.24) is 10.6 Å². The molecule has 1 heterocycles. The normalized spacial score (nSPS) is 12.2. The smallest absolute Gasteiger partial charge is 0.191 e. The Morgan fingerprint density at radius 1 is 1.12 bits per heavy atom. The molecule has 0 atom stereocenters. The Morgan fingerprint density at radius 2 is 1.92 bits per heavy atom. The molecule has 25 heavy (non-hydrogen) atoms. The fourth-order valence-corrected chi connectivity index (χ4v) is 3.00. The van der Waals surface area contributed by atoms with Gasteiger partial charge in [-0.1, -0.05) is 30.3 Å². The molecule has 1 aromatic carbocycles. The SMILES string of the molecule is CN=C(NCCc1cccs1)NCc1cccc(COC(C)(C)C)c1. The lowest BCUT2D eigenvalue weighted by molar-refractivity contribution is -0.0149. The highest BCUT2D eigenvalue weighted by Gasteiger charge is 2.10. The van der Waals surface area contributed by atoms with E-state index in [1.165, 1.54) is 16.0 Å². The van der Waals surface area contributed by atoms with Crippen LogP contribution in [0.1, 0.15) is 36.8 Å². The van der Waals surface area contributed by atoms with Crippen molar-refractivity contribution in [2.45, 2.75) is 45.9 Å². The molecular weight excluding hydrogens is 330 g/mol. The number of nitrogens with zero attached hydrogens (tertiary/aromatic N) is 1. The zero-order chi connectivity index (χ0) is 18.1. The Labute approximate surface area is 155 Å². The standard InChI is InChI=1S/C20H29N3OS/c1-20(2,3)24-15-17-8-5-7-16(13-17)14-23-19(21-4)22-11-10-18-9-6-12-25-18/h5-9,12-13H,10-11,14-15H2,1-4H3,(H2,21,22,23). The number of aliphatic imine (C=N–C) groups is 1. The van der Waals surface area contributed by atoms with Gasteiger partial charge in [-0.2, -0.15) is 0 Å². The third-order valence-electron chi connectivity index (χ3n) is 3.59. The van der Waals surface area contributed by atoms with Crippen molar-refractivity contribution in [1.29, 1.82) is 0 Å². The molecule has 0 aliphatic rings. The van der Waals surface area contributed by atoms with Gasteiger partial charge in [0.2, 0.25) is 0 Å². The van der Waals surface area contributed by atoms with Crippen molar-refractivity contribution in [3.8, 4) is 0 Å². The van der Waals surface area contributed by atoms with E-state index in [0.717, 1.165) is 25.5 Å². The van der Waals surface area contributed by atoms with E-state index in [0.29, 0.717) is 6.61 Å². The molecule has 0 spiro atoms. The summed E-state index contributed by atoms with van der Waals surface area (Å²) in [7, 11) is 1.80. The maximum absolute atomic E-state index is 5.85. The first-order valence-corrected chi connectivity index (χ1v) is 9.53. The second-order valence-electron chi connectivity index (χ2n) is 6.90. The third-order valence-corrected chi connectivity index (χ3v) is 4.53. The number of guanidine groups is 1. The molecule has 2 aromatic rings. The van der Waals surface area contributed by atoms with Crippen molar-refractivity contribution >= 4 is 17.3 Å². The monoisotopic (exact) mass is 359 g/mol. The summed E-state index contributed by atoms with van der Waals surface area (Å²) < 4.78 is 5.85. The topological polar surface area (TPSA) is 45.7 Å². The summed E-state index contributed by atoms with van der Waals surface area (Å²) in [5.74, 6) is 0.827. The predicted octanol–water partition coefficient (Wildman–Crippen LogP) is 3.97. The molecule has 0 saturated carbocycles. The van der Waals surface area contributed by atoms with Crippen LogP contribution in [0.15, 0.2) is 46.8 Å². The first-order valence-electron chi connectivity index (χ1n) is 8.65. The Bertz CT molecular complexity index is 660. The lowest BCUT2D eigenvalue weighted by atomic mass is 10.1. The van der Waals surface area contributed by atoms with Crippen molar-refractivity contribution < 1.29 is 4.74 Å². The van der Waals surface area contributed by atoms with Gasteiger partial charge in [0, 0.05) is 25.0 Å². The maximum Gasteiger partial charge on any atom is 0.191 e. The second-order valence-corrected chi connectivity index (χ2v) is 7.94. The van der Waals surface area contributed by atoms with E-state index in [1.807, 2.05) is 0 Å². The zero-order valence-electron chi connectivity index (χ0n) is 15.6. The number of hydrogen-bond donors (Lipinski definition) is 2. The summed E-state index contributed by atoms with van der Waals surface area (Å²) in [5, 5.41) is 8.84. The molecule has 0 bridgehead atoms. The molecule has 4 nitrogen and oxygen atoms in total. The molecule has 0 amide bonds. The summed E-state index contributed by atoms with van der Waals surface area (Å²) in [6.45, 7) is 8.46. The van der Waals surface area contributed by atoms with Crippen molar-refractivity contribution in [2.75, 3.05) is 13.6 Å². The highest BCUT2D eigenvalue weighted by molar-refractivity contribution is 7.09. The van der Waals surface area contributed by atoms with E-state index in [-0.39, 0.29) is 5.60 Å². The van der Waals surface area contributed by atoms with Crippen LogP contribution in [0, 0.1) is 0 Å². The van der Waals surface area contributed by atoms with Gasteiger partial charge >= 0.3 is 0 Å². The van der Waals surface area contributed by atoms with Gasteiger partial charge < -0.3 is 15.4 Å². The molecule has 0 unspecified atom stereocenters. The van der Waals surface area contributed by atoms with Crippen molar-refractivity contribution in [3.05, 3.63) is 57.8 Å². The van der Waals surface area contributed by atoms with Crippen molar-refractivity contribution in [2.24, 2.45) is 4.99 Å².